The molecule has 1 aromatic carbocycles. The summed E-state index contributed by atoms with van der Waals surface area (Å²) in [5.74, 6) is -1.17. The van der Waals surface area contributed by atoms with Gasteiger partial charge in [-0.2, -0.15) is 4.98 Å². The molecule has 1 aromatic heterocycles. The van der Waals surface area contributed by atoms with Gasteiger partial charge in [0.1, 0.15) is 6.26 Å². The van der Waals surface area contributed by atoms with Gasteiger partial charge >= 0.3 is 5.97 Å². The fraction of sp³-hybridized carbons (Fsp3) is 0.167. The first kappa shape index (κ1) is 14.1. The van der Waals surface area contributed by atoms with Crippen LogP contribution in [-0.4, -0.2) is 30.7 Å². The van der Waals surface area contributed by atoms with Gasteiger partial charge in [-0.1, -0.05) is 12.1 Å². The van der Waals surface area contributed by atoms with Crippen LogP contribution in [0.1, 0.15) is 16.1 Å². The van der Waals surface area contributed by atoms with Gasteiger partial charge in [-0.25, -0.2) is 13.2 Å². The van der Waals surface area contributed by atoms with Gasteiger partial charge in [0.25, 0.3) is 6.01 Å². The Kier molecular flexibility index (Phi) is 3.75. The van der Waals surface area contributed by atoms with E-state index >= 15 is 0 Å². The lowest BCUT2D eigenvalue weighted by Gasteiger charge is -2.03. The lowest BCUT2D eigenvalue weighted by Crippen LogP contribution is -2.02. The van der Waals surface area contributed by atoms with Gasteiger partial charge in [-0.15, -0.1) is 0 Å². The maximum Gasteiger partial charge on any atom is 0.357 e. The molecule has 0 atom stereocenters. The van der Waals surface area contributed by atoms with Crippen LogP contribution in [0.2, 0.25) is 0 Å². The molecule has 20 heavy (non-hydrogen) atoms. The van der Waals surface area contributed by atoms with Crippen LogP contribution in [0, 0.1) is 0 Å². The third-order valence-corrected chi connectivity index (χ3v) is 3.65. The second-order valence-electron chi connectivity index (χ2n) is 4.11. The molecule has 0 aliphatic heterocycles. The molecule has 0 radical (unpaired) electrons. The maximum atomic E-state index is 11.3. The zero-order valence-electron chi connectivity index (χ0n) is 10.5. The summed E-state index contributed by atoms with van der Waals surface area (Å²) in [5.41, 5.74) is 0.632. The van der Waals surface area contributed by atoms with E-state index in [0.29, 0.717) is 6.54 Å². The number of aromatic carboxylic acids is 1. The van der Waals surface area contributed by atoms with Crippen molar-refractivity contribution in [2.24, 2.45) is 0 Å². The summed E-state index contributed by atoms with van der Waals surface area (Å²) in [6.45, 7) is 0.337. The van der Waals surface area contributed by atoms with Crippen molar-refractivity contribution in [2.45, 2.75) is 11.4 Å². The molecule has 2 aromatic rings. The number of carbonyl (C=O) groups is 1. The van der Waals surface area contributed by atoms with E-state index in [-0.39, 0.29) is 16.6 Å². The van der Waals surface area contributed by atoms with Crippen LogP contribution < -0.4 is 5.32 Å². The highest BCUT2D eigenvalue weighted by Gasteiger charge is 2.10. The standard InChI is InChI=1S/C12H12N2O5S/c1-20(17,18)9-4-2-8(3-5-9)6-13-12-14-10(7-19-12)11(15)16/h2-5,7H,6H2,1H3,(H,13,14)(H,15,16). The van der Waals surface area contributed by atoms with Crippen molar-refractivity contribution in [2.75, 3.05) is 11.6 Å². The molecule has 0 bridgehead atoms. The van der Waals surface area contributed by atoms with Gasteiger partial charge in [0.2, 0.25) is 0 Å². The van der Waals surface area contributed by atoms with E-state index in [9.17, 15) is 13.2 Å². The molecule has 2 N–H and O–H groups in total. The molecule has 8 heteroatoms. The summed E-state index contributed by atoms with van der Waals surface area (Å²) in [7, 11) is -3.21. The molecule has 0 aliphatic carbocycles. The molecule has 0 aliphatic rings. The van der Waals surface area contributed by atoms with Gasteiger partial charge in [-0.3, -0.25) is 0 Å². The van der Waals surface area contributed by atoms with Crippen LogP contribution in [0.5, 0.6) is 0 Å². The zero-order valence-corrected chi connectivity index (χ0v) is 11.3. The summed E-state index contributed by atoms with van der Waals surface area (Å²) < 4.78 is 27.5. The quantitative estimate of drug-likeness (QED) is 0.857. The topological polar surface area (TPSA) is 110 Å². The number of rotatable bonds is 5. The largest absolute Gasteiger partial charge is 0.476 e. The van der Waals surface area contributed by atoms with Crippen molar-refractivity contribution in [3.8, 4) is 0 Å². The van der Waals surface area contributed by atoms with Crippen molar-refractivity contribution in [3.05, 3.63) is 41.8 Å². The Hall–Kier alpha value is -2.35. The summed E-state index contributed by atoms with van der Waals surface area (Å²) in [6.07, 6.45) is 2.18. The molecular formula is C12H12N2O5S. The van der Waals surface area contributed by atoms with Crippen LogP contribution in [0.15, 0.2) is 39.8 Å². The molecule has 106 valence electrons. The Balaban J connectivity index is 2.02. The van der Waals surface area contributed by atoms with Crippen molar-refractivity contribution < 1.29 is 22.7 Å². The molecule has 0 saturated heterocycles. The molecular weight excluding hydrogens is 284 g/mol. The lowest BCUT2D eigenvalue weighted by molar-refractivity contribution is 0.0690. The SMILES string of the molecule is CS(=O)(=O)c1ccc(CNc2nc(C(=O)O)co2)cc1. The van der Waals surface area contributed by atoms with Gasteiger partial charge < -0.3 is 14.8 Å². The fourth-order valence-electron chi connectivity index (χ4n) is 1.49. The minimum absolute atomic E-state index is 0.0922. The molecule has 0 amide bonds. The smallest absolute Gasteiger partial charge is 0.357 e. The number of nitrogens with zero attached hydrogens (tertiary/aromatic N) is 1. The summed E-state index contributed by atoms with van der Waals surface area (Å²) in [5, 5.41) is 11.5. The van der Waals surface area contributed by atoms with E-state index < -0.39 is 15.8 Å². The number of nitrogens with one attached hydrogen (secondary N) is 1. The zero-order chi connectivity index (χ0) is 14.8. The highest BCUT2D eigenvalue weighted by molar-refractivity contribution is 7.90. The number of anilines is 1. The lowest BCUT2D eigenvalue weighted by atomic mass is 10.2. The first-order valence-electron chi connectivity index (χ1n) is 5.58. The normalized spacial score (nSPS) is 11.2. The second-order valence-corrected chi connectivity index (χ2v) is 6.13. The number of aromatic nitrogens is 1. The Labute approximate surface area is 115 Å². The van der Waals surface area contributed by atoms with Gasteiger partial charge in [-0.05, 0) is 17.7 Å². The molecule has 7 nitrogen and oxygen atoms in total. The number of sulfone groups is 1. The van der Waals surface area contributed by atoms with Crippen LogP contribution in [0.3, 0.4) is 0 Å². The molecule has 2 rings (SSSR count). The van der Waals surface area contributed by atoms with E-state index in [1.165, 1.54) is 12.1 Å². The van der Waals surface area contributed by atoms with Crippen molar-refractivity contribution in [1.29, 1.82) is 0 Å². The summed E-state index contributed by atoms with van der Waals surface area (Å²) in [4.78, 5) is 14.6. The number of hydrogen-bond donors (Lipinski definition) is 2. The van der Waals surface area contributed by atoms with Crippen LogP contribution in [-0.2, 0) is 16.4 Å². The van der Waals surface area contributed by atoms with E-state index in [0.717, 1.165) is 18.1 Å². The highest BCUT2D eigenvalue weighted by Crippen LogP contribution is 2.13. The predicted molar refractivity (Wildman–Crippen MR) is 70.3 cm³/mol. The van der Waals surface area contributed by atoms with Crippen LogP contribution in [0.4, 0.5) is 6.01 Å². The number of hydrogen-bond acceptors (Lipinski definition) is 6. The first-order valence-corrected chi connectivity index (χ1v) is 7.47. The maximum absolute atomic E-state index is 11.3. The Bertz CT molecular complexity index is 719. The van der Waals surface area contributed by atoms with Crippen LogP contribution in [0.25, 0.3) is 0 Å². The predicted octanol–water partition coefficient (Wildman–Crippen LogP) is 1.39. The van der Waals surface area contributed by atoms with Crippen molar-refractivity contribution >= 4 is 21.8 Å². The summed E-state index contributed by atoms with van der Waals surface area (Å²) >= 11 is 0. The number of carboxylic acids is 1. The average Bonchev–Trinajstić information content (AvgIpc) is 2.85. The average molecular weight is 296 g/mol. The van der Waals surface area contributed by atoms with Crippen molar-refractivity contribution in [3.63, 3.8) is 0 Å². The van der Waals surface area contributed by atoms with Gasteiger partial charge in [0.05, 0.1) is 4.90 Å². The van der Waals surface area contributed by atoms with Crippen LogP contribution >= 0.6 is 0 Å². The van der Waals surface area contributed by atoms with E-state index in [4.69, 9.17) is 9.52 Å². The fourth-order valence-corrected chi connectivity index (χ4v) is 2.12. The Morgan fingerprint density at radius 2 is 2.00 bits per heavy atom. The Morgan fingerprint density at radius 3 is 2.50 bits per heavy atom. The minimum Gasteiger partial charge on any atom is -0.476 e. The molecule has 0 unspecified atom stereocenters. The van der Waals surface area contributed by atoms with E-state index in [2.05, 4.69) is 10.3 Å². The third-order valence-electron chi connectivity index (χ3n) is 2.52. The van der Waals surface area contributed by atoms with E-state index in [1.807, 2.05) is 0 Å². The van der Waals surface area contributed by atoms with E-state index in [1.54, 1.807) is 12.1 Å². The number of benzene rings is 1. The summed E-state index contributed by atoms with van der Waals surface area (Å²) in [6, 6.07) is 6.42. The first-order chi connectivity index (χ1) is 9.36. The van der Waals surface area contributed by atoms with Gasteiger partial charge in [0, 0.05) is 12.8 Å². The molecule has 0 fully saturated rings. The number of oxazole rings is 1. The third kappa shape index (κ3) is 3.35. The highest BCUT2D eigenvalue weighted by atomic mass is 32.2. The number of carboxylic acid groups (broad SMARTS) is 1. The second kappa shape index (κ2) is 5.33. The Morgan fingerprint density at radius 1 is 1.35 bits per heavy atom. The molecule has 1 heterocycles. The van der Waals surface area contributed by atoms with Crippen molar-refractivity contribution in [1.82, 2.24) is 4.98 Å². The molecule has 0 saturated carbocycles. The molecule has 0 spiro atoms. The van der Waals surface area contributed by atoms with Gasteiger partial charge in [0.15, 0.2) is 15.5 Å². The minimum atomic E-state index is -3.21. The monoisotopic (exact) mass is 296 g/mol.